The summed E-state index contributed by atoms with van der Waals surface area (Å²) in [6, 6.07) is 10.4. The topological polar surface area (TPSA) is 80.5 Å². The highest BCUT2D eigenvalue weighted by Gasteiger charge is 2.25. The molecule has 0 spiro atoms. The van der Waals surface area contributed by atoms with Crippen LogP contribution in [0.15, 0.2) is 52.2 Å². The van der Waals surface area contributed by atoms with Crippen molar-refractivity contribution in [2.75, 3.05) is 4.72 Å². The van der Waals surface area contributed by atoms with E-state index in [0.717, 1.165) is 22.4 Å². The van der Waals surface area contributed by atoms with Crippen molar-refractivity contribution in [3.8, 4) is 0 Å². The van der Waals surface area contributed by atoms with E-state index in [1.165, 1.54) is 34.8 Å². The third kappa shape index (κ3) is 2.98. The van der Waals surface area contributed by atoms with Crippen molar-refractivity contribution in [3.63, 3.8) is 0 Å². The third-order valence-corrected chi connectivity index (χ3v) is 6.62. The lowest BCUT2D eigenvalue weighted by atomic mass is 10.2. The van der Waals surface area contributed by atoms with Gasteiger partial charge in [0.2, 0.25) is 0 Å². The van der Waals surface area contributed by atoms with E-state index in [4.69, 9.17) is 0 Å². The van der Waals surface area contributed by atoms with Gasteiger partial charge >= 0.3 is 0 Å². The van der Waals surface area contributed by atoms with Gasteiger partial charge in [-0.2, -0.15) is 0 Å². The number of sulfonamides is 1. The number of aromatic nitrogens is 2. The second-order valence-electron chi connectivity index (χ2n) is 6.14. The molecule has 0 amide bonds. The zero-order valence-electron chi connectivity index (χ0n) is 14.4. The third-order valence-electron chi connectivity index (χ3n) is 4.10. The van der Waals surface area contributed by atoms with Gasteiger partial charge in [-0.3, -0.25) is 9.52 Å². The Kier molecular flexibility index (Phi) is 4.01. The molecule has 6 nitrogen and oxygen atoms in total. The number of anilines is 1. The highest BCUT2D eigenvalue weighted by molar-refractivity contribution is 7.92. The minimum Gasteiger partial charge on any atom is -0.279 e. The molecule has 0 saturated carbocycles. The highest BCUT2D eigenvalue weighted by Crippen LogP contribution is 2.26. The minimum atomic E-state index is -4.20. The average Bonchev–Trinajstić information content (AvgIpc) is 2.93. The van der Waals surface area contributed by atoms with Gasteiger partial charge < -0.3 is 0 Å². The molecule has 0 radical (unpaired) electrons. The van der Waals surface area contributed by atoms with E-state index in [1.54, 1.807) is 6.07 Å². The van der Waals surface area contributed by atoms with Crippen molar-refractivity contribution in [3.05, 3.63) is 69.9 Å². The molecule has 0 saturated heterocycles. The SMILES string of the molecule is Cc1ccc2c(c1)sc1nc(C)c(S(=O)(=O)Nc3ccc(F)cc3)c(=O)n12. The van der Waals surface area contributed by atoms with Crippen LogP contribution in [0, 0.1) is 19.7 Å². The zero-order chi connectivity index (χ0) is 19.3. The molecule has 2 aromatic heterocycles. The van der Waals surface area contributed by atoms with Gasteiger partial charge in [0.05, 0.1) is 15.9 Å². The molecular formula is C18H14FN3O3S2. The summed E-state index contributed by atoms with van der Waals surface area (Å²) in [4.78, 5) is 17.4. The van der Waals surface area contributed by atoms with Gasteiger partial charge in [0, 0.05) is 5.69 Å². The Balaban J connectivity index is 1.94. The van der Waals surface area contributed by atoms with E-state index in [1.807, 2.05) is 19.1 Å². The molecule has 0 bridgehead atoms. The molecule has 1 N–H and O–H groups in total. The summed E-state index contributed by atoms with van der Waals surface area (Å²) in [5, 5.41) is 0. The summed E-state index contributed by atoms with van der Waals surface area (Å²) in [5.41, 5.74) is 1.24. The Bertz CT molecular complexity index is 1360. The van der Waals surface area contributed by atoms with Gasteiger partial charge in [-0.1, -0.05) is 17.4 Å². The van der Waals surface area contributed by atoms with Crippen molar-refractivity contribution < 1.29 is 12.8 Å². The minimum absolute atomic E-state index is 0.109. The summed E-state index contributed by atoms with van der Waals surface area (Å²) in [7, 11) is -4.20. The molecule has 4 rings (SSSR count). The summed E-state index contributed by atoms with van der Waals surface area (Å²) in [6.07, 6.45) is 0. The fraction of sp³-hybridized carbons (Fsp3) is 0.111. The fourth-order valence-electron chi connectivity index (χ4n) is 2.89. The first-order valence-corrected chi connectivity index (χ1v) is 10.3. The second kappa shape index (κ2) is 6.14. The molecule has 0 aliphatic carbocycles. The van der Waals surface area contributed by atoms with Crippen LogP contribution in [0.3, 0.4) is 0 Å². The summed E-state index contributed by atoms with van der Waals surface area (Å²) < 4.78 is 43.2. The van der Waals surface area contributed by atoms with Crippen molar-refractivity contribution in [2.24, 2.45) is 0 Å². The lowest BCUT2D eigenvalue weighted by molar-refractivity contribution is 0.598. The first kappa shape index (κ1) is 17.6. The monoisotopic (exact) mass is 403 g/mol. The van der Waals surface area contributed by atoms with Gasteiger partial charge in [-0.25, -0.2) is 22.2 Å². The number of halogens is 1. The number of nitrogens with zero attached hydrogens (tertiary/aromatic N) is 2. The van der Waals surface area contributed by atoms with Crippen molar-refractivity contribution in [2.45, 2.75) is 18.7 Å². The van der Waals surface area contributed by atoms with Crippen LogP contribution in [-0.4, -0.2) is 17.8 Å². The van der Waals surface area contributed by atoms with E-state index >= 15 is 0 Å². The van der Waals surface area contributed by atoms with Crippen molar-refractivity contribution >= 4 is 42.2 Å². The Morgan fingerprint density at radius 3 is 2.52 bits per heavy atom. The van der Waals surface area contributed by atoms with Crippen LogP contribution in [0.4, 0.5) is 10.1 Å². The Morgan fingerprint density at radius 1 is 1.11 bits per heavy atom. The number of nitrogens with one attached hydrogen (secondary N) is 1. The first-order valence-electron chi connectivity index (χ1n) is 7.97. The number of aryl methyl sites for hydroxylation is 2. The molecule has 0 atom stereocenters. The molecule has 4 aromatic rings. The van der Waals surface area contributed by atoms with Crippen LogP contribution in [0.2, 0.25) is 0 Å². The maximum Gasteiger partial charge on any atom is 0.280 e. The quantitative estimate of drug-likeness (QED) is 0.568. The van der Waals surface area contributed by atoms with E-state index in [9.17, 15) is 17.6 Å². The van der Waals surface area contributed by atoms with E-state index in [0.29, 0.717) is 10.5 Å². The fourth-order valence-corrected chi connectivity index (χ4v) is 5.35. The van der Waals surface area contributed by atoms with Gasteiger partial charge in [-0.15, -0.1) is 0 Å². The lowest BCUT2D eigenvalue weighted by Gasteiger charge is -2.10. The number of rotatable bonds is 3. The zero-order valence-corrected chi connectivity index (χ0v) is 16.0. The molecule has 2 aromatic carbocycles. The van der Waals surface area contributed by atoms with Crippen LogP contribution in [0.1, 0.15) is 11.3 Å². The van der Waals surface area contributed by atoms with Crippen LogP contribution >= 0.6 is 11.3 Å². The largest absolute Gasteiger partial charge is 0.280 e. The molecule has 0 aliphatic rings. The second-order valence-corrected chi connectivity index (χ2v) is 8.76. The normalized spacial score (nSPS) is 12.0. The number of hydrogen-bond donors (Lipinski definition) is 1. The molecule has 27 heavy (non-hydrogen) atoms. The molecular weight excluding hydrogens is 389 g/mol. The van der Waals surface area contributed by atoms with Crippen LogP contribution in [-0.2, 0) is 10.0 Å². The molecule has 138 valence electrons. The summed E-state index contributed by atoms with van der Waals surface area (Å²) in [5.74, 6) is -0.489. The first-order chi connectivity index (χ1) is 12.8. The number of hydrogen-bond acceptors (Lipinski definition) is 5. The number of thiazole rings is 1. The van der Waals surface area contributed by atoms with Crippen LogP contribution in [0.5, 0.6) is 0 Å². The number of benzene rings is 2. The predicted octanol–water partition coefficient (Wildman–Crippen LogP) is 3.47. The lowest BCUT2D eigenvalue weighted by Crippen LogP contribution is -2.27. The predicted molar refractivity (Wildman–Crippen MR) is 104 cm³/mol. The Labute approximate surface area is 158 Å². The highest BCUT2D eigenvalue weighted by atomic mass is 32.2. The van der Waals surface area contributed by atoms with Gasteiger partial charge in [-0.05, 0) is 55.8 Å². The molecule has 2 heterocycles. The Morgan fingerprint density at radius 2 is 1.81 bits per heavy atom. The van der Waals surface area contributed by atoms with E-state index < -0.39 is 26.3 Å². The average molecular weight is 403 g/mol. The smallest absolute Gasteiger partial charge is 0.279 e. The van der Waals surface area contributed by atoms with Crippen LogP contribution in [0.25, 0.3) is 15.2 Å². The van der Waals surface area contributed by atoms with Crippen molar-refractivity contribution in [1.82, 2.24) is 9.38 Å². The van der Waals surface area contributed by atoms with Gasteiger partial charge in [0.25, 0.3) is 15.6 Å². The molecule has 0 unspecified atom stereocenters. The molecule has 0 aliphatic heterocycles. The summed E-state index contributed by atoms with van der Waals surface area (Å²) >= 11 is 1.32. The maximum atomic E-state index is 13.1. The number of fused-ring (bicyclic) bond motifs is 3. The van der Waals surface area contributed by atoms with Gasteiger partial charge in [0.1, 0.15) is 5.82 Å². The molecule has 0 fully saturated rings. The van der Waals surface area contributed by atoms with Crippen LogP contribution < -0.4 is 10.3 Å². The maximum absolute atomic E-state index is 13.1. The standard InChI is InChI=1S/C18H14FN3O3S2/c1-10-3-8-14-15(9-10)26-18-20-11(2)16(17(23)22(14)18)27(24,25)21-13-6-4-12(19)5-7-13/h3-9,21H,1-2H3. The van der Waals surface area contributed by atoms with Gasteiger partial charge in [0.15, 0.2) is 9.86 Å². The van der Waals surface area contributed by atoms with Crippen molar-refractivity contribution in [1.29, 1.82) is 0 Å². The van der Waals surface area contributed by atoms with E-state index in [2.05, 4.69) is 9.71 Å². The summed E-state index contributed by atoms with van der Waals surface area (Å²) in [6.45, 7) is 3.42. The Hall–Kier alpha value is -2.78. The van der Waals surface area contributed by atoms with E-state index in [-0.39, 0.29) is 11.4 Å². The molecule has 9 heteroatoms.